The van der Waals surface area contributed by atoms with Crippen LogP contribution in [0.2, 0.25) is 0 Å². The summed E-state index contributed by atoms with van der Waals surface area (Å²) in [6, 6.07) is 7.99. The van der Waals surface area contributed by atoms with Gasteiger partial charge in [-0.1, -0.05) is 54.3 Å². The summed E-state index contributed by atoms with van der Waals surface area (Å²) in [6.07, 6.45) is 3.31. The molecular weight excluding hydrogens is 236 g/mol. The normalized spacial score (nSPS) is 11.1. The molecule has 0 atom stereocenters. The maximum absolute atomic E-state index is 5.02. The van der Waals surface area contributed by atoms with Crippen LogP contribution in [0.1, 0.15) is 18.1 Å². The molecular formula is C12H12N2S2. The topological polar surface area (TPSA) is 24.7 Å². The van der Waals surface area contributed by atoms with Crippen LogP contribution >= 0.6 is 24.4 Å². The molecule has 16 heavy (non-hydrogen) atoms. The van der Waals surface area contributed by atoms with E-state index >= 15 is 0 Å². The lowest BCUT2D eigenvalue weighted by Crippen LogP contribution is -2.03. The molecule has 0 spiro atoms. The van der Waals surface area contributed by atoms with Gasteiger partial charge in [-0.3, -0.25) is 0 Å². The number of rotatable bonds is 1. The molecule has 0 aliphatic rings. The van der Waals surface area contributed by atoms with E-state index in [2.05, 4.69) is 9.98 Å². The Morgan fingerprint density at radius 1 is 1.19 bits per heavy atom. The van der Waals surface area contributed by atoms with Gasteiger partial charge in [0.1, 0.15) is 0 Å². The second-order valence-corrected chi connectivity index (χ2v) is 3.94. The third kappa shape index (κ3) is 4.08. The van der Waals surface area contributed by atoms with Crippen molar-refractivity contribution in [3.63, 3.8) is 0 Å². The molecule has 0 fully saturated rings. The van der Waals surface area contributed by atoms with E-state index in [4.69, 9.17) is 24.4 Å². The summed E-state index contributed by atoms with van der Waals surface area (Å²) in [7, 11) is 0. The Hall–Kier alpha value is -1.26. The van der Waals surface area contributed by atoms with Crippen LogP contribution in [-0.2, 0) is 0 Å². The van der Waals surface area contributed by atoms with Crippen molar-refractivity contribution < 1.29 is 0 Å². The lowest BCUT2D eigenvalue weighted by molar-refractivity contribution is 1.46. The summed E-state index contributed by atoms with van der Waals surface area (Å²) in [5, 5.41) is 0. The smallest absolute Gasteiger partial charge is 0.162 e. The van der Waals surface area contributed by atoms with Gasteiger partial charge in [0.25, 0.3) is 0 Å². The fourth-order valence-electron chi connectivity index (χ4n) is 1.11. The van der Waals surface area contributed by atoms with Crippen molar-refractivity contribution in [2.75, 3.05) is 0 Å². The zero-order chi connectivity index (χ0) is 12.0. The van der Waals surface area contributed by atoms with E-state index in [1.54, 1.807) is 19.4 Å². The molecule has 0 heterocycles. The van der Waals surface area contributed by atoms with E-state index in [1.807, 2.05) is 31.2 Å². The monoisotopic (exact) mass is 248 g/mol. The molecule has 1 rings (SSSR count). The molecule has 0 radical (unpaired) electrons. The van der Waals surface area contributed by atoms with Crippen LogP contribution < -0.4 is 0 Å². The summed E-state index contributed by atoms with van der Waals surface area (Å²) in [4.78, 5) is 8.70. The highest BCUT2D eigenvalue weighted by Gasteiger charge is 1.98. The Morgan fingerprint density at radius 3 is 2.50 bits per heavy atom. The molecule has 0 saturated heterocycles. The molecule has 0 amide bonds. The fourth-order valence-corrected chi connectivity index (χ4v) is 1.37. The van der Waals surface area contributed by atoms with Crippen molar-refractivity contribution in [3.05, 3.63) is 35.4 Å². The van der Waals surface area contributed by atoms with Gasteiger partial charge in [0.05, 0.1) is 0 Å². The van der Waals surface area contributed by atoms with Crippen LogP contribution in [-0.4, -0.2) is 22.4 Å². The third-order valence-corrected chi connectivity index (χ3v) is 2.53. The van der Waals surface area contributed by atoms with Crippen molar-refractivity contribution in [1.29, 1.82) is 0 Å². The quantitative estimate of drug-likeness (QED) is 0.563. The first-order valence-corrected chi connectivity index (χ1v) is 5.63. The van der Waals surface area contributed by atoms with Crippen LogP contribution in [0.5, 0.6) is 0 Å². The molecule has 0 aliphatic carbocycles. The Kier molecular flexibility index (Phi) is 5.08. The molecule has 1 aromatic carbocycles. The minimum absolute atomic E-state index is 0.342. The molecule has 0 aliphatic heterocycles. The van der Waals surface area contributed by atoms with E-state index < -0.39 is 0 Å². The highest BCUT2D eigenvalue weighted by atomic mass is 32.1. The maximum atomic E-state index is 5.02. The largest absolute Gasteiger partial charge is 0.247 e. The molecule has 0 aromatic heterocycles. The highest BCUT2D eigenvalue weighted by Crippen LogP contribution is 2.01. The number of nitrogens with zero attached hydrogens (tertiary/aromatic N) is 2. The predicted octanol–water partition coefficient (Wildman–Crippen LogP) is 3.16. The minimum atomic E-state index is 0.342. The second kappa shape index (κ2) is 6.35. The number of hydrogen-bond donors (Lipinski definition) is 0. The Bertz CT molecular complexity index is 462. The predicted molar refractivity (Wildman–Crippen MR) is 78.1 cm³/mol. The lowest BCUT2D eigenvalue weighted by Gasteiger charge is -1.96. The molecule has 0 unspecified atom stereocenters. The van der Waals surface area contributed by atoms with Crippen LogP contribution in [0.4, 0.5) is 0 Å². The average molecular weight is 248 g/mol. The van der Waals surface area contributed by atoms with E-state index in [0.717, 1.165) is 5.56 Å². The van der Waals surface area contributed by atoms with Gasteiger partial charge >= 0.3 is 0 Å². The summed E-state index contributed by atoms with van der Waals surface area (Å²) in [6.45, 7) is 3.82. The summed E-state index contributed by atoms with van der Waals surface area (Å²) >= 11 is 9.99. The number of hydrogen-bond acceptors (Lipinski definition) is 2. The van der Waals surface area contributed by atoms with Gasteiger partial charge in [0, 0.05) is 12.4 Å². The zero-order valence-corrected chi connectivity index (χ0v) is 10.8. The second-order valence-electron chi connectivity index (χ2n) is 3.17. The maximum Gasteiger partial charge on any atom is 0.162 e. The van der Waals surface area contributed by atoms with Crippen molar-refractivity contribution >= 4 is 46.8 Å². The van der Waals surface area contributed by atoms with Crippen LogP contribution in [0.15, 0.2) is 34.3 Å². The van der Waals surface area contributed by atoms with Gasteiger partial charge in [-0.05, 0) is 19.4 Å². The van der Waals surface area contributed by atoms with Gasteiger partial charge in [0.2, 0.25) is 0 Å². The van der Waals surface area contributed by atoms with E-state index in [1.165, 1.54) is 5.56 Å². The molecule has 2 nitrogen and oxygen atoms in total. The zero-order valence-electron chi connectivity index (χ0n) is 9.18. The van der Waals surface area contributed by atoms with Gasteiger partial charge in [-0.15, -0.1) is 0 Å². The summed E-state index contributed by atoms with van der Waals surface area (Å²) < 4.78 is 0. The van der Waals surface area contributed by atoms with Crippen molar-refractivity contribution in [2.45, 2.75) is 13.8 Å². The first-order chi connectivity index (χ1) is 7.63. The fraction of sp³-hybridized carbons (Fsp3) is 0.167. The van der Waals surface area contributed by atoms with E-state index in [9.17, 15) is 0 Å². The number of thiocarbonyl (C=S) groups is 2. The van der Waals surface area contributed by atoms with Crippen molar-refractivity contribution in [3.8, 4) is 0 Å². The molecule has 0 saturated carbocycles. The minimum Gasteiger partial charge on any atom is -0.247 e. The van der Waals surface area contributed by atoms with Gasteiger partial charge < -0.3 is 0 Å². The van der Waals surface area contributed by atoms with Crippen LogP contribution in [0, 0.1) is 6.92 Å². The van der Waals surface area contributed by atoms with Gasteiger partial charge in [0.15, 0.2) is 9.98 Å². The summed E-state index contributed by atoms with van der Waals surface area (Å²) in [5.74, 6) is 0. The third-order valence-electron chi connectivity index (χ3n) is 1.80. The Morgan fingerprint density at radius 2 is 1.88 bits per heavy atom. The van der Waals surface area contributed by atoms with Gasteiger partial charge in [-0.2, -0.15) is 0 Å². The van der Waals surface area contributed by atoms with Crippen LogP contribution in [0.3, 0.4) is 0 Å². The summed E-state index contributed by atoms with van der Waals surface area (Å²) in [5.41, 5.74) is 2.19. The van der Waals surface area contributed by atoms with Crippen molar-refractivity contribution in [2.24, 2.45) is 9.98 Å². The molecule has 0 bridgehead atoms. The molecule has 82 valence electrons. The molecule has 1 aromatic rings. The standard InChI is InChI=1S/C12H12N2S2/c1-3-13-11(15)12(16)14-8-10-6-4-5-9(2)7-10/h3-8H,1-2H3/b13-3+,14-8+. The Balaban J connectivity index is 2.74. The van der Waals surface area contributed by atoms with E-state index in [0.29, 0.717) is 9.98 Å². The van der Waals surface area contributed by atoms with Crippen molar-refractivity contribution in [1.82, 2.24) is 0 Å². The number of aryl methyl sites for hydroxylation is 1. The molecule has 4 heteroatoms. The first-order valence-electron chi connectivity index (χ1n) is 4.81. The SMILES string of the molecule is C/C=N/C(=S)C(=S)/N=C/c1cccc(C)c1. The lowest BCUT2D eigenvalue weighted by atomic mass is 10.2. The highest BCUT2D eigenvalue weighted by molar-refractivity contribution is 7.89. The molecule has 0 N–H and O–H groups in total. The number of benzene rings is 1. The average Bonchev–Trinajstić information content (AvgIpc) is 2.26. The van der Waals surface area contributed by atoms with Gasteiger partial charge in [-0.25, -0.2) is 9.98 Å². The Labute approximate surface area is 106 Å². The first kappa shape index (κ1) is 12.8. The van der Waals surface area contributed by atoms with Crippen LogP contribution in [0.25, 0.3) is 0 Å². The van der Waals surface area contributed by atoms with E-state index in [-0.39, 0.29) is 0 Å². The number of aliphatic imine (C=N–C) groups is 2.